The van der Waals surface area contributed by atoms with Gasteiger partial charge in [-0.15, -0.1) is 0 Å². The number of amides is 1. The Hall–Kier alpha value is -4.01. The number of nitro groups is 1. The predicted molar refractivity (Wildman–Crippen MR) is 102 cm³/mol. The van der Waals surface area contributed by atoms with Crippen molar-refractivity contribution in [2.75, 3.05) is 12.4 Å². The average Bonchev–Trinajstić information content (AvgIpc) is 2.69. The predicted octanol–water partition coefficient (Wildman–Crippen LogP) is 2.47. The average molecular weight is 380 g/mol. The van der Waals surface area contributed by atoms with E-state index in [9.17, 15) is 19.7 Å². The van der Waals surface area contributed by atoms with Gasteiger partial charge in [-0.2, -0.15) is 0 Å². The van der Waals surface area contributed by atoms with Crippen LogP contribution in [0.2, 0.25) is 0 Å². The molecule has 0 bridgehead atoms. The minimum atomic E-state index is -0.555. The number of carbonyl (C=O) groups excluding carboxylic acids is 1. The SMILES string of the molecule is COc1ccccc1-c1cc(=O)n(CC(=O)Nc2cccc([N+](=O)[O-])c2)cn1. The number of nitrogens with one attached hydrogen (secondary N) is 1. The van der Waals surface area contributed by atoms with Gasteiger partial charge in [-0.1, -0.05) is 18.2 Å². The summed E-state index contributed by atoms with van der Waals surface area (Å²) in [5, 5.41) is 13.3. The Balaban J connectivity index is 1.76. The molecule has 3 aromatic rings. The van der Waals surface area contributed by atoms with Crippen LogP contribution in [0, 0.1) is 10.1 Å². The monoisotopic (exact) mass is 380 g/mol. The van der Waals surface area contributed by atoms with Crippen molar-refractivity contribution in [3.63, 3.8) is 0 Å². The van der Waals surface area contributed by atoms with Crippen molar-refractivity contribution >= 4 is 17.3 Å². The van der Waals surface area contributed by atoms with Crippen LogP contribution >= 0.6 is 0 Å². The molecule has 0 spiro atoms. The van der Waals surface area contributed by atoms with Crippen molar-refractivity contribution in [2.24, 2.45) is 0 Å². The summed E-state index contributed by atoms with van der Waals surface area (Å²) in [6, 6.07) is 14.0. The van der Waals surface area contributed by atoms with E-state index in [1.54, 1.807) is 18.2 Å². The van der Waals surface area contributed by atoms with Crippen LogP contribution in [0.4, 0.5) is 11.4 Å². The summed E-state index contributed by atoms with van der Waals surface area (Å²) in [6.45, 7) is -0.277. The molecule has 1 aromatic heterocycles. The number of carbonyl (C=O) groups is 1. The van der Waals surface area contributed by atoms with Gasteiger partial charge in [0.05, 0.1) is 24.1 Å². The molecular weight excluding hydrogens is 364 g/mol. The molecule has 9 heteroatoms. The minimum Gasteiger partial charge on any atom is -0.496 e. The number of methoxy groups -OCH3 is 1. The van der Waals surface area contributed by atoms with Crippen LogP contribution < -0.4 is 15.6 Å². The first-order valence-electron chi connectivity index (χ1n) is 8.22. The standard InChI is InChI=1S/C19H16N4O5/c1-28-17-8-3-2-7-15(17)16-10-19(25)22(12-20-16)11-18(24)21-13-5-4-6-14(9-13)23(26)27/h2-10,12H,11H2,1H3,(H,21,24). The van der Waals surface area contributed by atoms with Crippen LogP contribution in [-0.4, -0.2) is 27.5 Å². The van der Waals surface area contributed by atoms with Gasteiger partial charge in [-0.25, -0.2) is 4.98 Å². The maximum Gasteiger partial charge on any atom is 0.271 e. The molecule has 0 atom stereocenters. The summed E-state index contributed by atoms with van der Waals surface area (Å²) in [4.78, 5) is 39.0. The number of nitro benzene ring substituents is 1. The Morgan fingerprint density at radius 1 is 1.21 bits per heavy atom. The number of nitrogens with zero attached hydrogens (tertiary/aromatic N) is 3. The van der Waals surface area contributed by atoms with E-state index in [-0.39, 0.29) is 17.9 Å². The Labute approximate surface area is 159 Å². The molecule has 142 valence electrons. The summed E-state index contributed by atoms with van der Waals surface area (Å²) in [5.41, 5.74) is 0.807. The van der Waals surface area contributed by atoms with Gasteiger partial charge in [0.2, 0.25) is 5.91 Å². The van der Waals surface area contributed by atoms with Gasteiger partial charge < -0.3 is 10.1 Å². The molecule has 0 saturated carbocycles. The summed E-state index contributed by atoms with van der Waals surface area (Å²) < 4.78 is 6.41. The smallest absolute Gasteiger partial charge is 0.271 e. The van der Waals surface area contributed by atoms with E-state index in [4.69, 9.17) is 4.74 Å². The highest BCUT2D eigenvalue weighted by Crippen LogP contribution is 2.26. The zero-order chi connectivity index (χ0) is 20.1. The fourth-order valence-corrected chi connectivity index (χ4v) is 2.60. The van der Waals surface area contributed by atoms with Crippen molar-refractivity contribution in [1.29, 1.82) is 0 Å². The number of anilines is 1. The maximum atomic E-state index is 12.4. The normalized spacial score (nSPS) is 10.3. The molecule has 9 nitrogen and oxygen atoms in total. The number of non-ortho nitro benzene ring substituents is 1. The van der Waals surface area contributed by atoms with Crippen LogP contribution in [0.15, 0.2) is 65.7 Å². The lowest BCUT2D eigenvalue weighted by atomic mass is 10.1. The first-order valence-corrected chi connectivity index (χ1v) is 8.22. The highest BCUT2D eigenvalue weighted by Gasteiger charge is 2.11. The second-order valence-electron chi connectivity index (χ2n) is 5.80. The molecule has 3 rings (SSSR count). The number of hydrogen-bond acceptors (Lipinski definition) is 6. The van der Waals surface area contributed by atoms with E-state index < -0.39 is 16.4 Å². The Morgan fingerprint density at radius 2 is 2.00 bits per heavy atom. The quantitative estimate of drug-likeness (QED) is 0.519. The molecule has 28 heavy (non-hydrogen) atoms. The fourth-order valence-electron chi connectivity index (χ4n) is 2.60. The molecule has 0 fully saturated rings. The van der Waals surface area contributed by atoms with Gasteiger partial charge in [-0.05, 0) is 18.2 Å². The zero-order valence-corrected chi connectivity index (χ0v) is 14.9. The number of para-hydroxylation sites is 1. The molecule has 0 aliphatic carbocycles. The molecule has 0 aliphatic rings. The van der Waals surface area contributed by atoms with E-state index in [0.29, 0.717) is 17.0 Å². The minimum absolute atomic E-state index is 0.141. The van der Waals surface area contributed by atoms with E-state index >= 15 is 0 Å². The van der Waals surface area contributed by atoms with E-state index in [2.05, 4.69) is 10.3 Å². The molecule has 0 aliphatic heterocycles. The summed E-state index contributed by atoms with van der Waals surface area (Å²) in [7, 11) is 1.53. The van der Waals surface area contributed by atoms with Gasteiger partial charge in [0.25, 0.3) is 11.2 Å². The maximum absolute atomic E-state index is 12.4. The second-order valence-corrected chi connectivity index (χ2v) is 5.80. The van der Waals surface area contributed by atoms with Crippen LogP contribution in [0.5, 0.6) is 5.75 Å². The van der Waals surface area contributed by atoms with Crippen molar-refractivity contribution in [2.45, 2.75) is 6.54 Å². The number of hydrogen-bond donors (Lipinski definition) is 1. The molecule has 1 N–H and O–H groups in total. The van der Waals surface area contributed by atoms with Gasteiger partial charge in [0.15, 0.2) is 0 Å². The van der Waals surface area contributed by atoms with Crippen molar-refractivity contribution in [1.82, 2.24) is 9.55 Å². The van der Waals surface area contributed by atoms with Crippen LogP contribution in [0.1, 0.15) is 0 Å². The van der Waals surface area contributed by atoms with Gasteiger partial charge >= 0.3 is 0 Å². The third kappa shape index (κ3) is 4.21. The molecule has 0 radical (unpaired) electrons. The number of aromatic nitrogens is 2. The third-order valence-electron chi connectivity index (χ3n) is 3.92. The Morgan fingerprint density at radius 3 is 2.71 bits per heavy atom. The topological polar surface area (TPSA) is 116 Å². The highest BCUT2D eigenvalue weighted by molar-refractivity contribution is 5.90. The van der Waals surface area contributed by atoms with Crippen LogP contribution in [-0.2, 0) is 11.3 Å². The molecular formula is C19H16N4O5. The lowest BCUT2D eigenvalue weighted by Crippen LogP contribution is -2.27. The number of benzene rings is 2. The molecule has 2 aromatic carbocycles. The van der Waals surface area contributed by atoms with E-state index in [0.717, 1.165) is 4.57 Å². The summed E-state index contributed by atoms with van der Waals surface area (Å²) >= 11 is 0. The summed E-state index contributed by atoms with van der Waals surface area (Å²) in [6.07, 6.45) is 1.27. The van der Waals surface area contributed by atoms with Crippen molar-refractivity contribution in [3.8, 4) is 17.0 Å². The van der Waals surface area contributed by atoms with Crippen molar-refractivity contribution < 1.29 is 14.5 Å². The highest BCUT2D eigenvalue weighted by atomic mass is 16.6. The van der Waals surface area contributed by atoms with Crippen LogP contribution in [0.25, 0.3) is 11.3 Å². The third-order valence-corrected chi connectivity index (χ3v) is 3.92. The lowest BCUT2D eigenvalue weighted by molar-refractivity contribution is -0.384. The first kappa shape index (κ1) is 18.8. The van der Waals surface area contributed by atoms with Gasteiger partial charge in [0, 0.05) is 29.4 Å². The Kier molecular flexibility index (Phi) is 5.45. The Bertz CT molecular complexity index is 1090. The lowest BCUT2D eigenvalue weighted by Gasteiger charge is -2.10. The van der Waals surface area contributed by atoms with Crippen LogP contribution in [0.3, 0.4) is 0 Å². The zero-order valence-electron chi connectivity index (χ0n) is 14.9. The van der Waals surface area contributed by atoms with Crippen molar-refractivity contribution in [3.05, 3.63) is 81.4 Å². The fraction of sp³-hybridized carbons (Fsp3) is 0.105. The van der Waals surface area contributed by atoms with E-state index in [1.165, 1.54) is 43.8 Å². The molecule has 1 amide bonds. The summed E-state index contributed by atoms with van der Waals surface area (Å²) in [5.74, 6) is 0.0741. The number of ether oxygens (including phenoxy) is 1. The largest absolute Gasteiger partial charge is 0.496 e. The number of rotatable bonds is 6. The molecule has 1 heterocycles. The first-order chi connectivity index (χ1) is 13.5. The van der Waals surface area contributed by atoms with Gasteiger partial charge in [0.1, 0.15) is 12.3 Å². The second kappa shape index (κ2) is 8.12. The molecule has 0 saturated heterocycles. The van der Waals surface area contributed by atoms with Gasteiger partial charge in [-0.3, -0.25) is 24.3 Å². The molecule has 0 unspecified atom stereocenters. The van der Waals surface area contributed by atoms with E-state index in [1.807, 2.05) is 6.07 Å².